The van der Waals surface area contributed by atoms with Crippen molar-refractivity contribution in [2.75, 3.05) is 30.5 Å². The second-order valence-corrected chi connectivity index (χ2v) is 5.61. The first-order valence-electron chi connectivity index (χ1n) is 7.79. The number of imidazole rings is 1. The first-order chi connectivity index (χ1) is 12.0. The van der Waals surface area contributed by atoms with E-state index in [1.165, 1.54) is 12.4 Å². The minimum absolute atomic E-state index is 0.198. The Labute approximate surface area is 144 Å². The molecule has 2 heterocycles. The number of anilines is 3. The third-order valence-electron chi connectivity index (χ3n) is 3.93. The van der Waals surface area contributed by atoms with Crippen molar-refractivity contribution in [3.8, 4) is 0 Å². The first kappa shape index (κ1) is 16.9. The summed E-state index contributed by atoms with van der Waals surface area (Å²) < 4.78 is 21.2. The van der Waals surface area contributed by atoms with E-state index in [0.29, 0.717) is 35.8 Å². The average molecular weight is 345 g/mol. The predicted molar refractivity (Wildman–Crippen MR) is 94.5 cm³/mol. The molecule has 25 heavy (non-hydrogen) atoms. The highest BCUT2D eigenvalue weighted by Gasteiger charge is 2.20. The largest absolute Gasteiger partial charge is 0.393 e. The van der Waals surface area contributed by atoms with Crippen molar-refractivity contribution >= 4 is 28.4 Å². The Morgan fingerprint density at radius 3 is 2.88 bits per heavy atom. The van der Waals surface area contributed by atoms with Crippen LogP contribution in [0.15, 0.2) is 24.5 Å². The number of aromatic nitrogens is 4. The Bertz CT molecular complexity index is 896. The van der Waals surface area contributed by atoms with Crippen molar-refractivity contribution in [2.24, 2.45) is 0 Å². The van der Waals surface area contributed by atoms with Crippen LogP contribution in [0.25, 0.3) is 11.0 Å². The number of fused-ring (bicyclic) bond motifs is 1. The zero-order valence-corrected chi connectivity index (χ0v) is 14.0. The van der Waals surface area contributed by atoms with Crippen LogP contribution in [-0.2, 0) is 11.3 Å². The van der Waals surface area contributed by atoms with Crippen molar-refractivity contribution in [3.63, 3.8) is 0 Å². The molecule has 0 saturated carbocycles. The minimum Gasteiger partial charge on any atom is -0.393 e. The van der Waals surface area contributed by atoms with Crippen LogP contribution >= 0.6 is 0 Å². The summed E-state index contributed by atoms with van der Waals surface area (Å²) >= 11 is 0. The summed E-state index contributed by atoms with van der Waals surface area (Å²) in [4.78, 5) is 12.4. The fourth-order valence-corrected chi connectivity index (χ4v) is 2.67. The molecule has 0 spiro atoms. The molecule has 0 fully saturated rings. The van der Waals surface area contributed by atoms with Crippen LogP contribution in [0.4, 0.5) is 21.7 Å². The van der Waals surface area contributed by atoms with Gasteiger partial charge in [-0.05, 0) is 19.1 Å². The molecule has 0 aliphatic carbocycles. The third-order valence-corrected chi connectivity index (χ3v) is 3.93. The zero-order chi connectivity index (χ0) is 18.0. The van der Waals surface area contributed by atoms with Gasteiger partial charge in [-0.2, -0.15) is 0 Å². The molecule has 1 atom stereocenters. The molecule has 3 rings (SSSR count). The molecular formula is C16H20FN7O. The van der Waals surface area contributed by atoms with E-state index in [4.69, 9.17) is 16.2 Å². The van der Waals surface area contributed by atoms with Crippen LogP contribution in [0, 0.1) is 5.82 Å². The number of nitrogens with zero attached hydrogens (tertiary/aromatic N) is 4. The lowest BCUT2D eigenvalue weighted by atomic mass is 10.3. The van der Waals surface area contributed by atoms with Crippen molar-refractivity contribution in [1.82, 2.24) is 19.5 Å². The molecule has 0 radical (unpaired) electrons. The van der Waals surface area contributed by atoms with E-state index in [1.54, 1.807) is 13.2 Å². The lowest BCUT2D eigenvalue weighted by molar-refractivity contribution is 0.187. The fraction of sp³-hybridized carbons (Fsp3) is 0.312. The smallest absolute Gasteiger partial charge is 0.155 e. The van der Waals surface area contributed by atoms with Gasteiger partial charge in [-0.3, -0.25) is 0 Å². The van der Waals surface area contributed by atoms with Gasteiger partial charge < -0.3 is 26.1 Å². The molecule has 2 aromatic heterocycles. The molecular weight excluding hydrogens is 325 g/mol. The summed E-state index contributed by atoms with van der Waals surface area (Å²) in [6, 6.07) is 4.59. The van der Waals surface area contributed by atoms with E-state index in [0.717, 1.165) is 0 Å². The van der Waals surface area contributed by atoms with Gasteiger partial charge in [0.15, 0.2) is 17.5 Å². The van der Waals surface area contributed by atoms with Crippen LogP contribution in [0.2, 0.25) is 0 Å². The summed E-state index contributed by atoms with van der Waals surface area (Å²) in [6.07, 6.45) is 1.33. The topological polar surface area (TPSA) is 117 Å². The number of nitrogens with two attached hydrogens (primary N) is 2. The Morgan fingerprint density at radius 1 is 1.32 bits per heavy atom. The van der Waals surface area contributed by atoms with E-state index in [-0.39, 0.29) is 23.4 Å². The molecule has 0 aliphatic heterocycles. The monoisotopic (exact) mass is 345 g/mol. The normalized spacial score (nSPS) is 12.4. The van der Waals surface area contributed by atoms with E-state index < -0.39 is 0 Å². The van der Waals surface area contributed by atoms with Gasteiger partial charge in [-0.25, -0.2) is 19.3 Å². The summed E-state index contributed by atoms with van der Waals surface area (Å²) in [7, 11) is 1.62. The Kier molecular flexibility index (Phi) is 4.66. The molecule has 0 saturated heterocycles. The standard InChI is InChI=1S/C16H20FN7O/c1-9(22-15-12(18)14(19)20-8-21-15)16-23-13-10(17)4-3-5-11(13)24(16)6-7-25-2/h3-5,8-9H,6-7,18H2,1-2H3,(H3,19,20,21,22)/t9-/m0/s1. The van der Waals surface area contributed by atoms with Gasteiger partial charge in [0.05, 0.1) is 18.2 Å². The number of halogens is 1. The maximum atomic E-state index is 14.1. The minimum atomic E-state index is -0.368. The van der Waals surface area contributed by atoms with Crippen molar-refractivity contribution in [1.29, 1.82) is 0 Å². The maximum absolute atomic E-state index is 14.1. The van der Waals surface area contributed by atoms with E-state index >= 15 is 0 Å². The first-order valence-corrected chi connectivity index (χ1v) is 7.79. The summed E-state index contributed by atoms with van der Waals surface area (Å²) in [5, 5.41) is 3.16. The van der Waals surface area contributed by atoms with E-state index in [2.05, 4.69) is 20.3 Å². The van der Waals surface area contributed by atoms with Crippen LogP contribution in [0.1, 0.15) is 18.8 Å². The van der Waals surface area contributed by atoms with Crippen LogP contribution in [-0.4, -0.2) is 33.2 Å². The lowest BCUT2D eigenvalue weighted by Gasteiger charge is -2.17. The highest BCUT2D eigenvalue weighted by Crippen LogP contribution is 2.27. The number of benzene rings is 1. The maximum Gasteiger partial charge on any atom is 0.155 e. The van der Waals surface area contributed by atoms with Gasteiger partial charge in [0.25, 0.3) is 0 Å². The lowest BCUT2D eigenvalue weighted by Crippen LogP contribution is -2.17. The number of rotatable bonds is 6. The molecule has 0 bridgehead atoms. The quantitative estimate of drug-likeness (QED) is 0.625. The molecule has 3 aromatic rings. The Balaban J connectivity index is 2.01. The third kappa shape index (κ3) is 3.18. The molecule has 9 heteroatoms. The van der Waals surface area contributed by atoms with Gasteiger partial charge in [0, 0.05) is 13.7 Å². The highest BCUT2D eigenvalue weighted by molar-refractivity contribution is 5.77. The van der Waals surface area contributed by atoms with Crippen LogP contribution < -0.4 is 16.8 Å². The van der Waals surface area contributed by atoms with E-state index in [1.807, 2.05) is 17.6 Å². The van der Waals surface area contributed by atoms with Crippen LogP contribution in [0.3, 0.4) is 0 Å². The van der Waals surface area contributed by atoms with Crippen molar-refractivity contribution < 1.29 is 9.13 Å². The molecule has 132 valence electrons. The SMILES string of the molecule is COCCn1c([C@H](C)Nc2ncnc(N)c2N)nc2c(F)cccc21. The molecule has 5 N–H and O–H groups in total. The van der Waals surface area contributed by atoms with Crippen molar-refractivity contribution in [3.05, 3.63) is 36.2 Å². The Hall–Kier alpha value is -2.94. The number of methoxy groups -OCH3 is 1. The summed E-state index contributed by atoms with van der Waals surface area (Å²) in [5.74, 6) is 0.885. The van der Waals surface area contributed by atoms with Gasteiger partial charge in [-0.15, -0.1) is 0 Å². The molecule has 0 unspecified atom stereocenters. The van der Waals surface area contributed by atoms with Crippen LogP contribution in [0.5, 0.6) is 0 Å². The molecule has 0 aliphatic rings. The van der Waals surface area contributed by atoms with Gasteiger partial charge in [-0.1, -0.05) is 6.07 Å². The second-order valence-electron chi connectivity index (χ2n) is 5.61. The number of hydrogen-bond acceptors (Lipinski definition) is 7. The number of nitrogens with one attached hydrogen (secondary N) is 1. The highest BCUT2D eigenvalue weighted by atomic mass is 19.1. The molecule has 0 amide bonds. The van der Waals surface area contributed by atoms with Crippen molar-refractivity contribution in [2.45, 2.75) is 19.5 Å². The van der Waals surface area contributed by atoms with Gasteiger partial charge in [0.1, 0.15) is 23.4 Å². The molecule has 8 nitrogen and oxygen atoms in total. The fourth-order valence-electron chi connectivity index (χ4n) is 2.67. The number of ether oxygens (including phenoxy) is 1. The summed E-state index contributed by atoms with van der Waals surface area (Å²) in [6.45, 7) is 2.91. The number of nitrogen functional groups attached to an aromatic ring is 2. The predicted octanol–water partition coefficient (Wildman–Crippen LogP) is 1.95. The van der Waals surface area contributed by atoms with E-state index in [9.17, 15) is 4.39 Å². The number of hydrogen-bond donors (Lipinski definition) is 3. The second kappa shape index (κ2) is 6.89. The number of para-hydroxylation sites is 1. The average Bonchev–Trinajstić information content (AvgIpc) is 2.97. The zero-order valence-electron chi connectivity index (χ0n) is 14.0. The molecule has 1 aromatic carbocycles. The van der Waals surface area contributed by atoms with Gasteiger partial charge in [0.2, 0.25) is 0 Å². The summed E-state index contributed by atoms with van der Waals surface area (Å²) in [5.41, 5.74) is 12.9. The Morgan fingerprint density at radius 2 is 2.12 bits per heavy atom. The van der Waals surface area contributed by atoms with Gasteiger partial charge >= 0.3 is 0 Å².